The number of nitrogens with zero attached hydrogens (tertiary/aromatic N) is 1. The van der Waals surface area contributed by atoms with Gasteiger partial charge in [0.15, 0.2) is 0 Å². The van der Waals surface area contributed by atoms with E-state index in [1.54, 1.807) is 23.1 Å². The Kier molecular flexibility index (Phi) is 7.61. The summed E-state index contributed by atoms with van der Waals surface area (Å²) in [4.78, 5) is 37.9. The molecule has 2 amide bonds. The second-order valence-electron chi connectivity index (χ2n) is 6.38. The Hall–Kier alpha value is -3.84. The normalized spacial score (nSPS) is 10.6. The van der Waals surface area contributed by atoms with Crippen LogP contribution < -0.4 is 10.2 Å². The van der Waals surface area contributed by atoms with Gasteiger partial charge in [0, 0.05) is 34.1 Å². The zero-order chi connectivity index (χ0) is 22.1. The molecule has 0 bridgehead atoms. The lowest BCUT2D eigenvalue weighted by atomic mass is 10.2. The second-order valence-corrected chi connectivity index (χ2v) is 7.43. The molecule has 0 aliphatic heterocycles. The van der Waals surface area contributed by atoms with Crippen molar-refractivity contribution in [3.8, 4) is 0 Å². The van der Waals surface area contributed by atoms with Gasteiger partial charge < -0.3 is 10.4 Å². The van der Waals surface area contributed by atoms with Gasteiger partial charge in [0.05, 0.1) is 5.75 Å². The Balaban J connectivity index is 1.70. The lowest BCUT2D eigenvalue weighted by Crippen LogP contribution is -2.27. The number of carboxylic acid groups (broad SMARTS) is 1. The van der Waals surface area contributed by atoms with E-state index < -0.39 is 11.9 Å². The number of para-hydroxylation sites is 2. The molecule has 0 saturated carbocycles. The molecular formula is C24H20N2O4S. The van der Waals surface area contributed by atoms with Crippen LogP contribution in [0.3, 0.4) is 0 Å². The summed E-state index contributed by atoms with van der Waals surface area (Å²) in [5.74, 6) is -1.62. The van der Waals surface area contributed by atoms with Gasteiger partial charge >= 0.3 is 5.97 Å². The van der Waals surface area contributed by atoms with Gasteiger partial charge in [0.2, 0.25) is 11.8 Å². The molecule has 31 heavy (non-hydrogen) atoms. The van der Waals surface area contributed by atoms with E-state index in [9.17, 15) is 14.4 Å². The fraction of sp³-hybridized carbons (Fsp3) is 0.0417. The molecule has 156 valence electrons. The largest absolute Gasteiger partial charge is 0.478 e. The smallest absolute Gasteiger partial charge is 0.328 e. The number of rotatable bonds is 8. The summed E-state index contributed by atoms with van der Waals surface area (Å²) in [6.07, 6.45) is 1.72. The van der Waals surface area contributed by atoms with Crippen LogP contribution in [0.15, 0.2) is 102 Å². The molecule has 0 aliphatic rings. The third-order valence-corrected chi connectivity index (χ3v) is 5.10. The maximum absolute atomic E-state index is 13.1. The third kappa shape index (κ3) is 6.58. The van der Waals surface area contributed by atoms with Crippen molar-refractivity contribution in [3.05, 3.63) is 97.1 Å². The number of thioether (sulfide) groups is 1. The summed E-state index contributed by atoms with van der Waals surface area (Å²) in [5.41, 5.74) is 2.08. The molecule has 0 saturated heterocycles. The quantitative estimate of drug-likeness (QED) is 0.397. The number of hydrogen-bond donors (Lipinski definition) is 2. The van der Waals surface area contributed by atoms with Crippen LogP contribution in [0.4, 0.5) is 17.1 Å². The molecule has 0 aliphatic carbocycles. The van der Waals surface area contributed by atoms with Crippen molar-refractivity contribution in [2.45, 2.75) is 4.90 Å². The Morgan fingerprint density at radius 1 is 0.839 bits per heavy atom. The minimum Gasteiger partial charge on any atom is -0.478 e. The van der Waals surface area contributed by atoms with Crippen molar-refractivity contribution in [2.75, 3.05) is 16.0 Å². The highest BCUT2D eigenvalue weighted by Crippen LogP contribution is 2.28. The van der Waals surface area contributed by atoms with Crippen molar-refractivity contribution < 1.29 is 19.5 Å². The van der Waals surface area contributed by atoms with Crippen molar-refractivity contribution in [3.63, 3.8) is 0 Å². The fourth-order valence-corrected chi connectivity index (χ4v) is 3.60. The highest BCUT2D eigenvalue weighted by molar-refractivity contribution is 8.00. The SMILES string of the molecule is O=C(O)/C=C/C(=O)Nc1cccc(SCC(=O)N(c2ccccc2)c2ccccc2)c1. The molecule has 3 rings (SSSR count). The highest BCUT2D eigenvalue weighted by atomic mass is 32.2. The van der Waals surface area contributed by atoms with Crippen LogP contribution in [0.1, 0.15) is 0 Å². The number of carbonyl (C=O) groups excluding carboxylic acids is 2. The summed E-state index contributed by atoms with van der Waals surface area (Å²) in [6, 6.07) is 25.9. The van der Waals surface area contributed by atoms with Crippen LogP contribution in [0.25, 0.3) is 0 Å². The minimum atomic E-state index is -1.20. The van der Waals surface area contributed by atoms with E-state index in [4.69, 9.17) is 5.11 Å². The van der Waals surface area contributed by atoms with Crippen LogP contribution in [-0.4, -0.2) is 28.6 Å². The average Bonchev–Trinajstić information content (AvgIpc) is 2.78. The molecule has 0 spiro atoms. The van der Waals surface area contributed by atoms with Crippen LogP contribution in [0.5, 0.6) is 0 Å². The number of carbonyl (C=O) groups is 3. The average molecular weight is 433 g/mol. The van der Waals surface area contributed by atoms with Crippen LogP contribution in [0.2, 0.25) is 0 Å². The third-order valence-electron chi connectivity index (χ3n) is 4.12. The maximum Gasteiger partial charge on any atom is 0.328 e. The first kappa shape index (κ1) is 21.9. The Bertz CT molecular complexity index is 1050. The molecule has 0 aromatic heterocycles. The van der Waals surface area contributed by atoms with Gasteiger partial charge in [-0.05, 0) is 42.5 Å². The second kappa shape index (κ2) is 10.8. The summed E-state index contributed by atoms with van der Waals surface area (Å²) in [7, 11) is 0. The fourth-order valence-electron chi connectivity index (χ4n) is 2.80. The van der Waals surface area contributed by atoms with E-state index in [-0.39, 0.29) is 11.7 Å². The van der Waals surface area contributed by atoms with E-state index in [0.717, 1.165) is 28.4 Å². The molecule has 3 aromatic rings. The van der Waals surface area contributed by atoms with Gasteiger partial charge in [-0.1, -0.05) is 42.5 Å². The van der Waals surface area contributed by atoms with Crippen LogP contribution in [-0.2, 0) is 14.4 Å². The first-order valence-electron chi connectivity index (χ1n) is 9.41. The van der Waals surface area contributed by atoms with E-state index >= 15 is 0 Å². The van der Waals surface area contributed by atoms with E-state index in [1.165, 1.54) is 11.8 Å². The Labute approximate surface area is 184 Å². The molecule has 0 heterocycles. The molecule has 0 unspecified atom stereocenters. The number of benzene rings is 3. The zero-order valence-electron chi connectivity index (χ0n) is 16.5. The molecule has 0 atom stereocenters. The molecule has 6 nitrogen and oxygen atoms in total. The number of hydrogen-bond acceptors (Lipinski definition) is 4. The predicted molar refractivity (Wildman–Crippen MR) is 123 cm³/mol. The van der Waals surface area contributed by atoms with Gasteiger partial charge in [-0.3, -0.25) is 14.5 Å². The highest BCUT2D eigenvalue weighted by Gasteiger charge is 2.18. The van der Waals surface area contributed by atoms with E-state index in [2.05, 4.69) is 5.32 Å². The molecular weight excluding hydrogens is 412 g/mol. The first-order chi connectivity index (χ1) is 15.0. The Morgan fingerprint density at radius 2 is 1.45 bits per heavy atom. The van der Waals surface area contributed by atoms with Gasteiger partial charge in [-0.25, -0.2) is 4.79 Å². The monoisotopic (exact) mass is 432 g/mol. The molecule has 0 radical (unpaired) electrons. The number of aliphatic carboxylic acids is 1. The lowest BCUT2D eigenvalue weighted by Gasteiger charge is -2.23. The number of anilines is 3. The molecule has 7 heteroatoms. The first-order valence-corrected chi connectivity index (χ1v) is 10.4. The lowest BCUT2D eigenvalue weighted by molar-refractivity contribution is -0.131. The predicted octanol–water partition coefficient (Wildman–Crippen LogP) is 4.72. The zero-order valence-corrected chi connectivity index (χ0v) is 17.3. The van der Waals surface area contributed by atoms with Crippen LogP contribution >= 0.6 is 11.8 Å². The maximum atomic E-state index is 13.1. The van der Waals surface area contributed by atoms with Crippen molar-refractivity contribution in [1.29, 1.82) is 0 Å². The number of nitrogens with one attached hydrogen (secondary N) is 1. The van der Waals surface area contributed by atoms with Gasteiger partial charge in [-0.15, -0.1) is 11.8 Å². The van der Waals surface area contributed by atoms with Crippen molar-refractivity contribution in [2.24, 2.45) is 0 Å². The minimum absolute atomic E-state index is 0.0822. The van der Waals surface area contributed by atoms with Crippen molar-refractivity contribution >= 4 is 46.6 Å². The summed E-state index contributed by atoms with van der Waals surface area (Å²) >= 11 is 1.35. The van der Waals surface area contributed by atoms with Gasteiger partial charge in [0.25, 0.3) is 0 Å². The molecule has 0 fully saturated rings. The molecule has 2 N–H and O–H groups in total. The van der Waals surface area contributed by atoms with Crippen LogP contribution in [0, 0.1) is 0 Å². The van der Waals surface area contributed by atoms with Crippen molar-refractivity contribution in [1.82, 2.24) is 0 Å². The standard InChI is InChI=1S/C24H20N2O4S/c27-22(14-15-24(29)30)25-18-8-7-13-21(16-18)31-17-23(28)26(19-9-3-1-4-10-19)20-11-5-2-6-12-20/h1-16H,17H2,(H,25,27)(H,29,30)/b15-14+. The van der Waals surface area contributed by atoms with E-state index in [0.29, 0.717) is 5.69 Å². The molecule has 3 aromatic carbocycles. The Morgan fingerprint density at radius 3 is 2.03 bits per heavy atom. The summed E-state index contributed by atoms with van der Waals surface area (Å²) < 4.78 is 0. The number of amides is 2. The summed E-state index contributed by atoms with van der Waals surface area (Å²) in [5, 5.41) is 11.2. The van der Waals surface area contributed by atoms with Gasteiger partial charge in [0.1, 0.15) is 0 Å². The summed E-state index contributed by atoms with van der Waals surface area (Å²) in [6.45, 7) is 0. The topological polar surface area (TPSA) is 86.7 Å². The van der Waals surface area contributed by atoms with Gasteiger partial charge in [-0.2, -0.15) is 0 Å². The van der Waals surface area contributed by atoms with E-state index in [1.807, 2.05) is 66.7 Å². The number of carboxylic acids is 1.